The van der Waals surface area contributed by atoms with E-state index in [4.69, 9.17) is 5.73 Å². The topological polar surface area (TPSA) is 70.9 Å². The SMILES string of the molecule is Cc1ccc(N)cc1NCc1csc(=O)[nH]1. The van der Waals surface area contributed by atoms with Crippen molar-refractivity contribution in [2.24, 2.45) is 0 Å². The van der Waals surface area contributed by atoms with Crippen LogP contribution in [0.15, 0.2) is 28.4 Å². The second kappa shape index (κ2) is 4.40. The molecule has 0 aliphatic carbocycles. The molecule has 2 aromatic rings. The van der Waals surface area contributed by atoms with Crippen molar-refractivity contribution < 1.29 is 0 Å². The minimum Gasteiger partial charge on any atom is -0.399 e. The van der Waals surface area contributed by atoms with E-state index < -0.39 is 0 Å². The van der Waals surface area contributed by atoms with Gasteiger partial charge in [0.2, 0.25) is 0 Å². The van der Waals surface area contributed by atoms with Gasteiger partial charge >= 0.3 is 4.87 Å². The Kier molecular flexibility index (Phi) is 2.96. The first kappa shape index (κ1) is 10.8. The van der Waals surface area contributed by atoms with Gasteiger partial charge in [0.25, 0.3) is 0 Å². The molecule has 2 rings (SSSR count). The molecule has 0 bridgehead atoms. The Labute approximate surface area is 97.1 Å². The lowest BCUT2D eigenvalue weighted by Gasteiger charge is -2.09. The highest BCUT2D eigenvalue weighted by Gasteiger charge is 2.00. The van der Waals surface area contributed by atoms with Crippen molar-refractivity contribution in [3.8, 4) is 0 Å². The third kappa shape index (κ3) is 2.43. The zero-order valence-electron chi connectivity index (χ0n) is 8.91. The number of benzene rings is 1. The molecule has 0 unspecified atom stereocenters. The van der Waals surface area contributed by atoms with Crippen LogP contribution in [-0.2, 0) is 6.54 Å². The van der Waals surface area contributed by atoms with Crippen LogP contribution in [0.1, 0.15) is 11.3 Å². The Morgan fingerprint density at radius 3 is 3.00 bits per heavy atom. The Balaban J connectivity index is 2.10. The second-order valence-corrected chi connectivity index (χ2v) is 4.44. The average Bonchev–Trinajstić information content (AvgIpc) is 2.66. The molecule has 1 heterocycles. The van der Waals surface area contributed by atoms with Gasteiger partial charge in [0, 0.05) is 22.4 Å². The van der Waals surface area contributed by atoms with Crippen molar-refractivity contribution in [3.63, 3.8) is 0 Å². The van der Waals surface area contributed by atoms with E-state index in [1.165, 1.54) is 11.3 Å². The lowest BCUT2D eigenvalue weighted by molar-refractivity contribution is 1.06. The van der Waals surface area contributed by atoms with Gasteiger partial charge in [0.1, 0.15) is 0 Å². The third-order valence-corrected chi connectivity index (χ3v) is 3.02. The summed E-state index contributed by atoms with van der Waals surface area (Å²) in [5.41, 5.74) is 9.44. The van der Waals surface area contributed by atoms with Crippen LogP contribution in [0.2, 0.25) is 0 Å². The summed E-state index contributed by atoms with van der Waals surface area (Å²) in [7, 11) is 0. The van der Waals surface area contributed by atoms with Crippen LogP contribution < -0.4 is 15.9 Å². The van der Waals surface area contributed by atoms with Crippen LogP contribution >= 0.6 is 11.3 Å². The third-order valence-electron chi connectivity index (χ3n) is 2.30. The number of aromatic nitrogens is 1. The van der Waals surface area contributed by atoms with E-state index in [9.17, 15) is 4.79 Å². The minimum atomic E-state index is -0.0268. The molecule has 0 saturated carbocycles. The predicted octanol–water partition coefficient (Wildman–Crippen LogP) is 1.94. The maximum atomic E-state index is 10.9. The smallest absolute Gasteiger partial charge is 0.304 e. The molecule has 0 fully saturated rings. The summed E-state index contributed by atoms with van der Waals surface area (Å²) >= 11 is 1.17. The number of anilines is 2. The lowest BCUT2D eigenvalue weighted by atomic mass is 10.2. The first-order chi connectivity index (χ1) is 7.65. The molecular weight excluding hydrogens is 222 g/mol. The van der Waals surface area contributed by atoms with E-state index in [-0.39, 0.29) is 4.87 Å². The molecule has 0 aliphatic rings. The van der Waals surface area contributed by atoms with Gasteiger partial charge in [-0.15, -0.1) is 0 Å². The van der Waals surface area contributed by atoms with Gasteiger partial charge in [-0.05, 0) is 24.6 Å². The van der Waals surface area contributed by atoms with Crippen molar-refractivity contribution in [3.05, 3.63) is 44.5 Å². The van der Waals surface area contributed by atoms with Gasteiger partial charge in [0.15, 0.2) is 0 Å². The normalized spacial score (nSPS) is 10.3. The zero-order chi connectivity index (χ0) is 11.5. The van der Waals surface area contributed by atoms with E-state index in [0.29, 0.717) is 6.54 Å². The fourth-order valence-corrected chi connectivity index (χ4v) is 2.00. The van der Waals surface area contributed by atoms with E-state index in [0.717, 1.165) is 22.6 Å². The Morgan fingerprint density at radius 2 is 2.31 bits per heavy atom. The molecule has 84 valence electrons. The molecule has 5 heteroatoms. The summed E-state index contributed by atoms with van der Waals surface area (Å²) in [4.78, 5) is 13.7. The second-order valence-electron chi connectivity index (χ2n) is 3.60. The quantitative estimate of drug-likeness (QED) is 0.712. The molecule has 0 atom stereocenters. The Hall–Kier alpha value is -1.75. The van der Waals surface area contributed by atoms with Gasteiger partial charge < -0.3 is 16.0 Å². The van der Waals surface area contributed by atoms with Crippen molar-refractivity contribution in [2.75, 3.05) is 11.1 Å². The lowest BCUT2D eigenvalue weighted by Crippen LogP contribution is -2.04. The first-order valence-electron chi connectivity index (χ1n) is 4.92. The molecule has 16 heavy (non-hydrogen) atoms. The summed E-state index contributed by atoms with van der Waals surface area (Å²) in [6, 6.07) is 5.72. The molecule has 0 spiro atoms. The van der Waals surface area contributed by atoms with E-state index >= 15 is 0 Å². The molecule has 4 nitrogen and oxygen atoms in total. The largest absolute Gasteiger partial charge is 0.399 e. The maximum Gasteiger partial charge on any atom is 0.304 e. The predicted molar refractivity (Wildman–Crippen MR) is 67.9 cm³/mol. The number of nitrogens with two attached hydrogens (primary N) is 1. The fraction of sp³-hybridized carbons (Fsp3) is 0.182. The van der Waals surface area contributed by atoms with E-state index in [1.807, 2.05) is 30.5 Å². The summed E-state index contributed by atoms with van der Waals surface area (Å²) in [6.45, 7) is 2.61. The number of thiazole rings is 1. The van der Waals surface area contributed by atoms with Crippen molar-refractivity contribution >= 4 is 22.7 Å². The number of nitrogen functional groups attached to an aromatic ring is 1. The number of H-pyrrole nitrogens is 1. The molecule has 0 amide bonds. The van der Waals surface area contributed by atoms with Gasteiger partial charge in [-0.2, -0.15) is 0 Å². The molecular formula is C11H13N3OS. The fourth-order valence-electron chi connectivity index (χ4n) is 1.42. The molecule has 1 aromatic heterocycles. The van der Waals surface area contributed by atoms with Crippen molar-refractivity contribution in [2.45, 2.75) is 13.5 Å². The van der Waals surface area contributed by atoms with E-state index in [1.54, 1.807) is 0 Å². The number of hydrogen-bond donors (Lipinski definition) is 3. The minimum absolute atomic E-state index is 0.0268. The van der Waals surface area contributed by atoms with Crippen LogP contribution in [0.5, 0.6) is 0 Å². The average molecular weight is 235 g/mol. The molecule has 0 saturated heterocycles. The standard InChI is InChI=1S/C11H13N3OS/c1-7-2-3-8(12)4-10(7)13-5-9-6-16-11(15)14-9/h2-4,6,13H,5,12H2,1H3,(H,14,15). The summed E-state index contributed by atoms with van der Waals surface area (Å²) < 4.78 is 0. The zero-order valence-corrected chi connectivity index (χ0v) is 9.73. The first-order valence-corrected chi connectivity index (χ1v) is 5.80. The number of rotatable bonds is 3. The number of aryl methyl sites for hydroxylation is 1. The van der Waals surface area contributed by atoms with Crippen molar-refractivity contribution in [1.82, 2.24) is 4.98 Å². The van der Waals surface area contributed by atoms with E-state index in [2.05, 4.69) is 10.3 Å². The Morgan fingerprint density at radius 1 is 1.50 bits per heavy atom. The van der Waals surface area contributed by atoms with Crippen LogP contribution in [0.4, 0.5) is 11.4 Å². The van der Waals surface area contributed by atoms with Crippen LogP contribution in [0.3, 0.4) is 0 Å². The summed E-state index contributed by atoms with van der Waals surface area (Å²) in [5, 5.41) is 5.06. The number of hydrogen-bond acceptors (Lipinski definition) is 4. The monoisotopic (exact) mass is 235 g/mol. The van der Waals surface area contributed by atoms with Gasteiger partial charge in [-0.25, -0.2) is 0 Å². The van der Waals surface area contributed by atoms with Crippen molar-refractivity contribution in [1.29, 1.82) is 0 Å². The van der Waals surface area contributed by atoms with Crippen LogP contribution in [-0.4, -0.2) is 4.98 Å². The molecule has 4 N–H and O–H groups in total. The van der Waals surface area contributed by atoms with Gasteiger partial charge in [-0.3, -0.25) is 4.79 Å². The molecule has 1 aromatic carbocycles. The van der Waals surface area contributed by atoms with Crippen LogP contribution in [0, 0.1) is 6.92 Å². The highest BCUT2D eigenvalue weighted by Crippen LogP contribution is 2.18. The summed E-state index contributed by atoms with van der Waals surface area (Å²) in [6.07, 6.45) is 0. The molecule has 0 radical (unpaired) electrons. The number of aromatic amines is 1. The Bertz CT molecular complexity index is 544. The van der Waals surface area contributed by atoms with Crippen LogP contribution in [0.25, 0.3) is 0 Å². The molecule has 0 aliphatic heterocycles. The number of nitrogens with one attached hydrogen (secondary N) is 2. The van der Waals surface area contributed by atoms with Gasteiger partial charge in [0.05, 0.1) is 6.54 Å². The van der Waals surface area contributed by atoms with Gasteiger partial charge in [-0.1, -0.05) is 17.4 Å². The highest BCUT2D eigenvalue weighted by molar-refractivity contribution is 7.07. The summed E-state index contributed by atoms with van der Waals surface area (Å²) in [5.74, 6) is 0. The maximum absolute atomic E-state index is 10.9. The highest BCUT2D eigenvalue weighted by atomic mass is 32.1.